The van der Waals surface area contributed by atoms with Crippen LogP contribution in [0.5, 0.6) is 5.75 Å². The monoisotopic (exact) mass is 399 g/mol. The van der Waals surface area contributed by atoms with E-state index in [9.17, 15) is 9.18 Å². The van der Waals surface area contributed by atoms with Crippen LogP contribution in [0, 0.1) is 13.8 Å². The van der Waals surface area contributed by atoms with E-state index in [0.29, 0.717) is 7.18 Å². The molecule has 0 amide bonds. The van der Waals surface area contributed by atoms with Gasteiger partial charge in [-0.05, 0) is 49.1 Å². The highest BCUT2D eigenvalue weighted by Crippen LogP contribution is 2.35. The Morgan fingerprint density at radius 3 is 2.41 bits per heavy atom. The number of methoxy groups -OCH3 is 1. The molecule has 0 bridgehead atoms. The topological polar surface area (TPSA) is 40.5 Å². The molecule has 156 valence electrons. The van der Waals surface area contributed by atoms with Gasteiger partial charge in [0.25, 0.3) is 0 Å². The molecule has 0 atom stereocenters. The maximum Gasteiger partial charge on any atom is 0.343 e. The molecule has 0 aliphatic rings. The van der Waals surface area contributed by atoms with E-state index >= 15 is 0 Å². The van der Waals surface area contributed by atoms with Crippen LogP contribution in [-0.2, 0) is 22.5 Å². The number of aryl methyl sites for hydroxylation is 3. The van der Waals surface area contributed by atoms with Crippen molar-refractivity contribution in [1.29, 1.82) is 0 Å². The lowest BCUT2D eigenvalue weighted by atomic mass is 10.00. The predicted octanol–water partition coefficient (Wildman–Crippen LogP) is 5.40. The first-order valence-electron chi connectivity index (χ1n) is 9.78. The van der Waals surface area contributed by atoms with Crippen LogP contribution < -0.4 is 4.74 Å². The molecule has 2 aromatic carbocycles. The van der Waals surface area contributed by atoms with Crippen molar-refractivity contribution in [3.8, 4) is 5.75 Å². The summed E-state index contributed by atoms with van der Waals surface area (Å²) in [4.78, 5) is 11.5. The summed E-state index contributed by atoms with van der Waals surface area (Å²) >= 11 is 0. The number of rotatable bonds is 7. The second-order valence-corrected chi connectivity index (χ2v) is 6.90. The fraction of sp³-hybridized carbons (Fsp3) is 0.375. The summed E-state index contributed by atoms with van der Waals surface area (Å²) in [7, 11) is 1.87. The molecule has 0 aliphatic carbocycles. The van der Waals surface area contributed by atoms with Crippen molar-refractivity contribution in [2.24, 2.45) is 0 Å². The molecule has 0 saturated heterocycles. The second kappa shape index (κ2) is 10.6. The number of fused-ring (bicyclic) bond motifs is 1. The summed E-state index contributed by atoms with van der Waals surface area (Å²) < 4.78 is 22.4. The standard InChI is InChI=1S/C23H27NO3.CH3F/c1-5-9-19-16(2)12-21(27-15-22(25)26-4)20-13-17(3)24(23(19)20)14-18-10-7-6-8-11-18;1-2/h6-8,10-13H,5,9,14-15H2,1-4H3;1H3. The minimum atomic E-state index is -0.376. The normalized spacial score (nSPS) is 10.4. The molecule has 1 heterocycles. The largest absolute Gasteiger partial charge is 0.481 e. The molecule has 0 radical (unpaired) electrons. The van der Waals surface area contributed by atoms with Gasteiger partial charge in [-0.1, -0.05) is 43.7 Å². The van der Waals surface area contributed by atoms with Crippen molar-refractivity contribution >= 4 is 16.9 Å². The Hall–Kier alpha value is -2.82. The van der Waals surface area contributed by atoms with Crippen molar-refractivity contribution in [2.45, 2.75) is 40.2 Å². The number of benzene rings is 2. The van der Waals surface area contributed by atoms with E-state index in [4.69, 9.17) is 9.47 Å². The molecule has 0 spiro atoms. The van der Waals surface area contributed by atoms with Gasteiger partial charge in [-0.2, -0.15) is 0 Å². The highest BCUT2D eigenvalue weighted by atomic mass is 19.1. The number of esters is 1. The van der Waals surface area contributed by atoms with E-state index in [1.165, 1.54) is 35.0 Å². The number of alkyl halides is 1. The van der Waals surface area contributed by atoms with Gasteiger partial charge in [0, 0.05) is 17.6 Å². The average Bonchev–Trinajstić information content (AvgIpc) is 3.07. The van der Waals surface area contributed by atoms with Crippen molar-refractivity contribution in [3.63, 3.8) is 0 Å². The zero-order chi connectivity index (χ0) is 21.4. The van der Waals surface area contributed by atoms with Gasteiger partial charge in [0.1, 0.15) is 5.75 Å². The Kier molecular flexibility index (Phi) is 8.25. The van der Waals surface area contributed by atoms with Gasteiger partial charge in [-0.15, -0.1) is 0 Å². The van der Waals surface area contributed by atoms with E-state index in [-0.39, 0.29) is 12.6 Å². The molecule has 0 fully saturated rings. The lowest BCUT2D eigenvalue weighted by Gasteiger charge is -2.16. The maximum absolute atomic E-state index is 11.5. The SMILES string of the molecule is CCCc1c(C)cc(OCC(=O)OC)c2cc(C)n(Cc3ccccc3)c12.CF. The Labute approximate surface area is 172 Å². The van der Waals surface area contributed by atoms with Crippen LogP contribution in [0.25, 0.3) is 10.9 Å². The number of halogens is 1. The van der Waals surface area contributed by atoms with Crippen LogP contribution in [0.4, 0.5) is 4.39 Å². The van der Waals surface area contributed by atoms with Gasteiger partial charge in [0.15, 0.2) is 6.61 Å². The van der Waals surface area contributed by atoms with Gasteiger partial charge in [0.2, 0.25) is 0 Å². The Bertz CT molecular complexity index is 948. The minimum Gasteiger partial charge on any atom is -0.481 e. The number of carbonyl (C=O) groups excluding carboxylic acids is 1. The van der Waals surface area contributed by atoms with Crippen molar-refractivity contribution < 1.29 is 18.7 Å². The fourth-order valence-corrected chi connectivity index (χ4v) is 3.59. The van der Waals surface area contributed by atoms with E-state index in [0.717, 1.165) is 30.5 Å². The summed E-state index contributed by atoms with van der Waals surface area (Å²) in [5, 5.41) is 1.06. The third kappa shape index (κ3) is 5.17. The second-order valence-electron chi connectivity index (χ2n) is 6.90. The van der Waals surface area contributed by atoms with Gasteiger partial charge < -0.3 is 14.0 Å². The average molecular weight is 400 g/mol. The Morgan fingerprint density at radius 1 is 1.10 bits per heavy atom. The summed E-state index contributed by atoms with van der Waals surface area (Å²) in [5.74, 6) is 0.363. The lowest BCUT2D eigenvalue weighted by molar-refractivity contribution is -0.142. The zero-order valence-corrected chi connectivity index (χ0v) is 17.9. The molecular formula is C24H30FNO3. The molecule has 5 heteroatoms. The van der Waals surface area contributed by atoms with E-state index in [1.54, 1.807) is 0 Å². The molecule has 0 aliphatic heterocycles. The first-order valence-corrected chi connectivity index (χ1v) is 9.78. The molecule has 0 N–H and O–H groups in total. The minimum absolute atomic E-state index is 0.0823. The maximum atomic E-state index is 11.5. The Balaban J connectivity index is 0.00000145. The molecule has 3 aromatic rings. The van der Waals surface area contributed by atoms with Crippen LogP contribution in [0.1, 0.15) is 35.7 Å². The van der Waals surface area contributed by atoms with Crippen molar-refractivity contribution in [2.75, 3.05) is 20.9 Å². The Morgan fingerprint density at radius 2 is 1.79 bits per heavy atom. The third-order valence-electron chi connectivity index (χ3n) is 4.94. The number of aromatic nitrogens is 1. The lowest BCUT2D eigenvalue weighted by Crippen LogP contribution is -2.13. The van der Waals surface area contributed by atoms with Crippen LogP contribution in [0.3, 0.4) is 0 Å². The van der Waals surface area contributed by atoms with Crippen molar-refractivity contribution in [1.82, 2.24) is 4.57 Å². The summed E-state index contributed by atoms with van der Waals surface area (Å²) in [5.41, 5.74) is 6.19. The van der Waals surface area contributed by atoms with E-state index < -0.39 is 0 Å². The molecule has 0 unspecified atom stereocenters. The fourth-order valence-electron chi connectivity index (χ4n) is 3.59. The number of hydrogen-bond acceptors (Lipinski definition) is 3. The van der Waals surface area contributed by atoms with Gasteiger partial charge >= 0.3 is 5.97 Å². The first kappa shape index (κ1) is 22.5. The molecule has 3 rings (SSSR count). The predicted molar refractivity (Wildman–Crippen MR) is 115 cm³/mol. The summed E-state index contributed by atoms with van der Waals surface area (Å²) in [6.45, 7) is 7.17. The highest BCUT2D eigenvalue weighted by molar-refractivity contribution is 5.91. The third-order valence-corrected chi connectivity index (χ3v) is 4.94. The number of nitrogens with zero attached hydrogens (tertiary/aromatic N) is 1. The van der Waals surface area contributed by atoms with Crippen molar-refractivity contribution in [3.05, 3.63) is 64.8 Å². The van der Waals surface area contributed by atoms with E-state index in [1.807, 2.05) is 12.1 Å². The van der Waals surface area contributed by atoms with Gasteiger partial charge in [-0.3, -0.25) is 4.39 Å². The molecule has 1 aromatic heterocycles. The number of carbonyl (C=O) groups is 1. The number of ether oxygens (including phenoxy) is 2. The summed E-state index contributed by atoms with van der Waals surface area (Å²) in [6.07, 6.45) is 2.09. The first-order chi connectivity index (χ1) is 14.0. The smallest absolute Gasteiger partial charge is 0.343 e. The summed E-state index contributed by atoms with van der Waals surface area (Å²) in [6, 6.07) is 14.7. The van der Waals surface area contributed by atoms with Crippen LogP contribution in [-0.4, -0.2) is 31.4 Å². The van der Waals surface area contributed by atoms with Crippen LogP contribution in [0.2, 0.25) is 0 Å². The number of hydrogen-bond donors (Lipinski definition) is 0. The zero-order valence-electron chi connectivity index (χ0n) is 17.9. The molecule has 4 nitrogen and oxygen atoms in total. The van der Waals surface area contributed by atoms with Gasteiger partial charge in [-0.25, -0.2) is 4.79 Å². The van der Waals surface area contributed by atoms with Crippen LogP contribution in [0.15, 0.2) is 42.5 Å². The van der Waals surface area contributed by atoms with Gasteiger partial charge in [0.05, 0.1) is 19.8 Å². The molecular weight excluding hydrogens is 369 g/mol. The molecule has 29 heavy (non-hydrogen) atoms. The molecule has 0 saturated carbocycles. The van der Waals surface area contributed by atoms with E-state index in [2.05, 4.69) is 55.7 Å². The van der Waals surface area contributed by atoms with Crippen LogP contribution >= 0.6 is 0 Å². The quantitative estimate of drug-likeness (QED) is 0.500. The highest BCUT2D eigenvalue weighted by Gasteiger charge is 2.17.